The third-order valence-electron chi connectivity index (χ3n) is 7.80. The van der Waals surface area contributed by atoms with Gasteiger partial charge in [-0.25, -0.2) is 4.79 Å². The number of hydrogen-bond donors (Lipinski definition) is 4. The van der Waals surface area contributed by atoms with E-state index in [1.165, 1.54) is 6.92 Å². The quantitative estimate of drug-likeness (QED) is 0.0927. The molecule has 3 unspecified atom stereocenters. The summed E-state index contributed by atoms with van der Waals surface area (Å²) in [6.07, 6.45) is -0.285. The number of benzene rings is 4. The van der Waals surface area contributed by atoms with Crippen LogP contribution in [-0.4, -0.2) is 48.0 Å². The Balaban J connectivity index is 1.29. The van der Waals surface area contributed by atoms with Crippen LogP contribution in [0.1, 0.15) is 54.9 Å². The lowest BCUT2D eigenvalue weighted by Crippen LogP contribution is -2.38. The number of thioether (sulfide) groups is 1. The molecule has 1 heterocycles. The smallest absolute Gasteiger partial charge is 0.325 e. The van der Waals surface area contributed by atoms with Gasteiger partial charge in [-0.05, 0) is 71.1 Å². The second kappa shape index (κ2) is 17.6. The average molecular weight is 684 g/mol. The Morgan fingerprint density at radius 2 is 1.59 bits per heavy atom. The van der Waals surface area contributed by atoms with E-state index < -0.39 is 18.3 Å². The summed E-state index contributed by atoms with van der Waals surface area (Å²) < 4.78 is 18.0. The Labute approximate surface area is 290 Å². The van der Waals surface area contributed by atoms with Crippen molar-refractivity contribution in [3.8, 4) is 11.1 Å². The summed E-state index contributed by atoms with van der Waals surface area (Å²) in [5.74, 6) is 0.102. The van der Waals surface area contributed by atoms with Gasteiger partial charge in [-0.15, -0.1) is 11.8 Å². The molecule has 0 radical (unpaired) electrons. The van der Waals surface area contributed by atoms with E-state index in [-0.39, 0.29) is 44.4 Å². The summed E-state index contributed by atoms with van der Waals surface area (Å²) in [5, 5.41) is 17.6. The monoisotopic (exact) mass is 683 g/mol. The molecule has 3 atom stereocenters. The normalized spacial score (nSPS) is 17.2. The number of ether oxygens (including phenoxy) is 3. The predicted molar refractivity (Wildman–Crippen MR) is 189 cm³/mol. The number of rotatable bonds is 13. The molecule has 49 heavy (non-hydrogen) atoms. The molecule has 1 fully saturated rings. The highest BCUT2D eigenvalue weighted by atomic mass is 32.2. The van der Waals surface area contributed by atoms with Crippen molar-refractivity contribution in [3.05, 3.63) is 119 Å². The van der Waals surface area contributed by atoms with E-state index >= 15 is 0 Å². The van der Waals surface area contributed by atoms with Crippen LogP contribution < -0.4 is 16.0 Å². The fourth-order valence-corrected chi connectivity index (χ4v) is 6.31. The van der Waals surface area contributed by atoms with Crippen molar-refractivity contribution >= 4 is 35.4 Å². The van der Waals surface area contributed by atoms with Crippen LogP contribution in [0, 0.1) is 0 Å². The molecule has 1 saturated heterocycles. The average Bonchev–Trinajstić information content (AvgIpc) is 3.13. The number of anilines is 1. The fourth-order valence-electron chi connectivity index (χ4n) is 5.38. The molecule has 11 heteroatoms. The van der Waals surface area contributed by atoms with Crippen molar-refractivity contribution in [3.63, 3.8) is 0 Å². The highest BCUT2D eigenvalue weighted by Gasteiger charge is 2.32. The second-order valence-corrected chi connectivity index (χ2v) is 12.6. The molecule has 10 nitrogen and oxygen atoms in total. The van der Waals surface area contributed by atoms with E-state index in [0.717, 1.165) is 44.0 Å². The number of aliphatic hydroxyl groups is 1. The molecule has 5 rings (SSSR count). The molecule has 1 aliphatic rings. The molecule has 3 amide bonds. The molecule has 0 bridgehead atoms. The fraction of sp³-hybridized carbons (Fsp3) is 0.289. The number of hydrogen-bond acceptors (Lipinski definition) is 8. The van der Waals surface area contributed by atoms with Crippen molar-refractivity contribution < 1.29 is 33.7 Å². The van der Waals surface area contributed by atoms with Crippen LogP contribution in [0.5, 0.6) is 0 Å². The van der Waals surface area contributed by atoms with E-state index in [9.17, 15) is 19.5 Å². The van der Waals surface area contributed by atoms with Crippen molar-refractivity contribution in [1.82, 2.24) is 10.6 Å². The van der Waals surface area contributed by atoms with Gasteiger partial charge in [0.15, 0.2) is 6.29 Å². The second-order valence-electron chi connectivity index (χ2n) is 11.5. The van der Waals surface area contributed by atoms with E-state index in [0.29, 0.717) is 12.2 Å². The summed E-state index contributed by atoms with van der Waals surface area (Å²) >= 11 is 1.69. The van der Waals surface area contributed by atoms with Crippen molar-refractivity contribution in [1.29, 1.82) is 0 Å². The lowest BCUT2D eigenvalue weighted by Gasteiger charge is -2.36. The zero-order chi connectivity index (χ0) is 34.6. The van der Waals surface area contributed by atoms with E-state index in [1.54, 1.807) is 18.7 Å². The highest BCUT2D eigenvalue weighted by molar-refractivity contribution is 7.99. The first kappa shape index (κ1) is 35.6. The number of urea groups is 1. The molecule has 0 spiro atoms. The van der Waals surface area contributed by atoms with Gasteiger partial charge < -0.3 is 35.3 Å². The minimum atomic E-state index is -0.614. The van der Waals surface area contributed by atoms with Gasteiger partial charge in [-0.3, -0.25) is 9.59 Å². The SMILES string of the molecule is CCOC(=O)CNC(=O)NCc1cccc(-c2cccc(C3OC(CSc4ccc(NC(C)=O)cc4)CC(c4ccc(CO)cc4)O3)c2)c1. The molecular formula is C38H41N3O7S. The van der Waals surface area contributed by atoms with Crippen LogP contribution in [0.25, 0.3) is 11.1 Å². The van der Waals surface area contributed by atoms with Gasteiger partial charge in [-0.2, -0.15) is 0 Å². The highest BCUT2D eigenvalue weighted by Crippen LogP contribution is 2.40. The van der Waals surface area contributed by atoms with Crippen LogP contribution in [0.3, 0.4) is 0 Å². The summed E-state index contributed by atoms with van der Waals surface area (Å²) in [5.41, 5.74) is 6.32. The Kier molecular flexibility index (Phi) is 12.8. The Morgan fingerprint density at radius 3 is 2.31 bits per heavy atom. The number of nitrogens with one attached hydrogen (secondary N) is 3. The standard InChI is InChI=1S/C38H41N3O7S/c1-3-46-36(44)22-40-38(45)39-21-27-6-4-7-29(18-27)30-8-5-9-31(19-30)37-47-33(20-35(48-37)28-12-10-26(23-42)11-13-28)24-49-34-16-14-32(15-17-34)41-25(2)43/h4-19,33,35,37,42H,3,20-24H2,1-2H3,(H,41,43)(H2,39,40,45). The van der Waals surface area contributed by atoms with Crippen molar-refractivity contribution in [2.45, 2.75) is 56.8 Å². The number of aliphatic hydroxyl groups excluding tert-OH is 1. The van der Waals surface area contributed by atoms with E-state index in [1.807, 2.05) is 91.0 Å². The van der Waals surface area contributed by atoms with Crippen LogP contribution in [0.15, 0.2) is 102 Å². The number of amides is 3. The number of carbonyl (C=O) groups excluding carboxylic acids is 3. The van der Waals surface area contributed by atoms with E-state index in [4.69, 9.17) is 14.2 Å². The predicted octanol–water partition coefficient (Wildman–Crippen LogP) is 6.50. The zero-order valence-corrected chi connectivity index (χ0v) is 28.3. The molecule has 0 aromatic heterocycles. The third-order valence-corrected chi connectivity index (χ3v) is 8.94. The van der Waals surface area contributed by atoms with Crippen molar-refractivity contribution in [2.24, 2.45) is 0 Å². The maximum Gasteiger partial charge on any atom is 0.325 e. The minimum absolute atomic E-state index is 0.0235. The third kappa shape index (κ3) is 10.7. The first-order valence-corrected chi connectivity index (χ1v) is 17.2. The maximum absolute atomic E-state index is 12.2. The van der Waals surface area contributed by atoms with Gasteiger partial charge in [0.25, 0.3) is 0 Å². The molecule has 0 aliphatic carbocycles. The van der Waals surface area contributed by atoms with Crippen LogP contribution in [0.4, 0.5) is 10.5 Å². The summed E-state index contributed by atoms with van der Waals surface area (Å²) in [6.45, 7) is 3.52. The Hall–Kier alpha value is -4.68. The first-order chi connectivity index (χ1) is 23.8. The Morgan fingerprint density at radius 1 is 0.857 bits per heavy atom. The Bertz CT molecular complexity index is 1720. The zero-order valence-electron chi connectivity index (χ0n) is 27.5. The molecule has 1 aliphatic heterocycles. The van der Waals surface area contributed by atoms with E-state index in [2.05, 4.69) is 22.0 Å². The van der Waals surface area contributed by atoms with Crippen molar-refractivity contribution in [2.75, 3.05) is 24.2 Å². The lowest BCUT2D eigenvalue weighted by atomic mass is 9.99. The van der Waals surface area contributed by atoms with Gasteiger partial charge in [0.2, 0.25) is 5.91 Å². The molecule has 4 N–H and O–H groups in total. The van der Waals surface area contributed by atoms with Gasteiger partial charge in [0.05, 0.1) is 25.4 Å². The van der Waals surface area contributed by atoms with Gasteiger partial charge in [-0.1, -0.05) is 60.7 Å². The van der Waals surface area contributed by atoms with Gasteiger partial charge in [0.1, 0.15) is 6.54 Å². The molecule has 4 aromatic carbocycles. The molecule has 0 saturated carbocycles. The van der Waals surface area contributed by atoms with Gasteiger partial charge in [0, 0.05) is 41.8 Å². The topological polar surface area (TPSA) is 135 Å². The lowest BCUT2D eigenvalue weighted by molar-refractivity contribution is -0.245. The summed E-state index contributed by atoms with van der Waals surface area (Å²) in [4.78, 5) is 36.2. The first-order valence-electron chi connectivity index (χ1n) is 16.2. The largest absolute Gasteiger partial charge is 0.465 e. The van der Waals surface area contributed by atoms with Gasteiger partial charge >= 0.3 is 12.0 Å². The maximum atomic E-state index is 12.2. The number of carbonyl (C=O) groups is 3. The molecular weight excluding hydrogens is 642 g/mol. The minimum Gasteiger partial charge on any atom is -0.465 e. The van der Waals surface area contributed by atoms with Crippen LogP contribution in [-0.2, 0) is 37.0 Å². The number of esters is 1. The van der Waals surface area contributed by atoms with Crippen LogP contribution >= 0.6 is 11.8 Å². The summed E-state index contributed by atoms with van der Waals surface area (Å²) in [6, 6.07) is 31.0. The molecule has 4 aromatic rings. The molecule has 256 valence electrons. The van der Waals surface area contributed by atoms with Crippen LogP contribution in [0.2, 0.25) is 0 Å². The summed E-state index contributed by atoms with van der Waals surface area (Å²) in [7, 11) is 0.